The van der Waals surface area contributed by atoms with Gasteiger partial charge in [0.05, 0.1) is 16.8 Å². The van der Waals surface area contributed by atoms with E-state index in [4.69, 9.17) is 9.72 Å². The SMILES string of the molecule is CCOc1ccc2nc(N(CCN(CC)CC)C(=O)c3cccc(Br)c3)sc2c1.Cl. The van der Waals surface area contributed by atoms with E-state index in [9.17, 15) is 4.79 Å². The summed E-state index contributed by atoms with van der Waals surface area (Å²) in [5, 5.41) is 0.714. The highest BCUT2D eigenvalue weighted by Crippen LogP contribution is 2.32. The van der Waals surface area contributed by atoms with Gasteiger partial charge in [-0.1, -0.05) is 47.2 Å². The smallest absolute Gasteiger partial charge is 0.260 e. The number of hydrogen-bond acceptors (Lipinski definition) is 5. The molecular formula is C22H27BrClN3O2S. The highest BCUT2D eigenvalue weighted by molar-refractivity contribution is 9.10. The number of halogens is 2. The van der Waals surface area contributed by atoms with Crippen molar-refractivity contribution in [2.24, 2.45) is 0 Å². The van der Waals surface area contributed by atoms with Gasteiger partial charge in [-0.15, -0.1) is 12.4 Å². The molecule has 30 heavy (non-hydrogen) atoms. The number of carbonyl (C=O) groups is 1. The molecule has 0 aliphatic heterocycles. The minimum absolute atomic E-state index is 0. The van der Waals surface area contributed by atoms with Crippen LogP contribution in [-0.4, -0.2) is 48.6 Å². The first-order valence-electron chi connectivity index (χ1n) is 9.88. The molecule has 5 nitrogen and oxygen atoms in total. The van der Waals surface area contributed by atoms with Gasteiger partial charge in [-0.2, -0.15) is 0 Å². The first kappa shape index (κ1) is 24.6. The maximum absolute atomic E-state index is 13.4. The number of thiazole rings is 1. The molecule has 1 aromatic heterocycles. The average molecular weight is 513 g/mol. The Morgan fingerprint density at radius 3 is 2.53 bits per heavy atom. The zero-order valence-electron chi connectivity index (χ0n) is 17.4. The number of anilines is 1. The summed E-state index contributed by atoms with van der Waals surface area (Å²) in [6.45, 7) is 10.1. The molecule has 0 fully saturated rings. The molecule has 0 atom stereocenters. The van der Waals surface area contributed by atoms with Crippen LogP contribution in [0.3, 0.4) is 0 Å². The highest BCUT2D eigenvalue weighted by Gasteiger charge is 2.22. The van der Waals surface area contributed by atoms with Gasteiger partial charge in [0.2, 0.25) is 0 Å². The summed E-state index contributed by atoms with van der Waals surface area (Å²) >= 11 is 4.99. The Labute approximate surface area is 196 Å². The molecule has 1 amide bonds. The zero-order chi connectivity index (χ0) is 20.8. The van der Waals surface area contributed by atoms with Crippen LogP contribution in [0.25, 0.3) is 10.2 Å². The zero-order valence-corrected chi connectivity index (χ0v) is 20.6. The third-order valence-corrected chi connectivity index (χ3v) is 6.28. The van der Waals surface area contributed by atoms with Gasteiger partial charge in [0.1, 0.15) is 5.75 Å². The lowest BCUT2D eigenvalue weighted by Crippen LogP contribution is -2.38. The number of fused-ring (bicyclic) bond motifs is 1. The Morgan fingerprint density at radius 2 is 1.87 bits per heavy atom. The summed E-state index contributed by atoms with van der Waals surface area (Å²) in [5.74, 6) is 0.783. The van der Waals surface area contributed by atoms with Crippen LogP contribution >= 0.6 is 39.7 Å². The number of hydrogen-bond donors (Lipinski definition) is 0. The predicted molar refractivity (Wildman–Crippen MR) is 132 cm³/mol. The van der Waals surface area contributed by atoms with Crippen molar-refractivity contribution in [3.63, 3.8) is 0 Å². The Bertz CT molecular complexity index is 978. The lowest BCUT2D eigenvalue weighted by molar-refractivity contribution is 0.0983. The molecule has 3 rings (SSSR count). The fourth-order valence-corrected chi connectivity index (χ4v) is 4.52. The van der Waals surface area contributed by atoms with Crippen LogP contribution in [0.5, 0.6) is 5.75 Å². The van der Waals surface area contributed by atoms with Gasteiger partial charge in [0, 0.05) is 23.1 Å². The van der Waals surface area contributed by atoms with E-state index in [1.54, 1.807) is 4.90 Å². The van der Waals surface area contributed by atoms with Crippen molar-refractivity contribution >= 4 is 60.9 Å². The lowest BCUT2D eigenvalue weighted by atomic mass is 10.2. The van der Waals surface area contributed by atoms with Crippen LogP contribution in [-0.2, 0) is 0 Å². The minimum Gasteiger partial charge on any atom is -0.494 e. The van der Waals surface area contributed by atoms with E-state index in [1.807, 2.05) is 49.4 Å². The van der Waals surface area contributed by atoms with Crippen molar-refractivity contribution in [2.45, 2.75) is 20.8 Å². The molecule has 0 radical (unpaired) electrons. The van der Waals surface area contributed by atoms with Crippen LogP contribution in [0.15, 0.2) is 46.9 Å². The van der Waals surface area contributed by atoms with Crippen LogP contribution in [0.1, 0.15) is 31.1 Å². The predicted octanol–water partition coefficient (Wildman–Crippen LogP) is 5.87. The third-order valence-electron chi connectivity index (χ3n) is 4.74. The number of ether oxygens (including phenoxy) is 1. The van der Waals surface area contributed by atoms with Gasteiger partial charge in [-0.3, -0.25) is 9.69 Å². The van der Waals surface area contributed by atoms with Crippen LogP contribution < -0.4 is 9.64 Å². The molecule has 8 heteroatoms. The van der Waals surface area contributed by atoms with Gasteiger partial charge < -0.3 is 9.64 Å². The molecule has 0 aliphatic carbocycles. The molecule has 0 saturated carbocycles. The first-order valence-corrected chi connectivity index (χ1v) is 11.5. The summed E-state index contributed by atoms with van der Waals surface area (Å²) in [6.07, 6.45) is 0. The average Bonchev–Trinajstić information content (AvgIpc) is 3.14. The second-order valence-corrected chi connectivity index (χ2v) is 8.48. The topological polar surface area (TPSA) is 45.7 Å². The maximum Gasteiger partial charge on any atom is 0.260 e. The summed E-state index contributed by atoms with van der Waals surface area (Å²) in [6, 6.07) is 13.4. The van der Waals surface area contributed by atoms with E-state index in [2.05, 4.69) is 34.7 Å². The van der Waals surface area contributed by atoms with Crippen molar-refractivity contribution in [3.05, 3.63) is 52.5 Å². The summed E-state index contributed by atoms with van der Waals surface area (Å²) < 4.78 is 7.51. The molecule has 0 bridgehead atoms. The second kappa shape index (κ2) is 11.6. The van der Waals surface area contributed by atoms with Crippen molar-refractivity contribution in [3.8, 4) is 5.75 Å². The van der Waals surface area contributed by atoms with Crippen molar-refractivity contribution in [2.75, 3.05) is 37.7 Å². The fraction of sp³-hybridized carbons (Fsp3) is 0.364. The van der Waals surface area contributed by atoms with Gasteiger partial charge in [0.25, 0.3) is 5.91 Å². The quantitative estimate of drug-likeness (QED) is 0.360. The van der Waals surface area contributed by atoms with Gasteiger partial charge >= 0.3 is 0 Å². The second-order valence-electron chi connectivity index (χ2n) is 6.55. The summed E-state index contributed by atoms with van der Waals surface area (Å²) in [7, 11) is 0. The molecule has 162 valence electrons. The van der Waals surface area contributed by atoms with Crippen LogP contribution in [0, 0.1) is 0 Å². The molecule has 0 spiro atoms. The van der Waals surface area contributed by atoms with E-state index >= 15 is 0 Å². The maximum atomic E-state index is 13.4. The number of likely N-dealkylation sites (N-methyl/N-ethyl adjacent to an activating group) is 1. The Kier molecular flexibility index (Phi) is 9.55. The summed E-state index contributed by atoms with van der Waals surface area (Å²) in [5.41, 5.74) is 1.52. The number of rotatable bonds is 9. The molecule has 3 aromatic rings. The number of carbonyl (C=O) groups excluding carboxylic acids is 1. The molecule has 0 aliphatic rings. The number of amides is 1. The third kappa shape index (κ3) is 5.94. The van der Waals surface area contributed by atoms with E-state index in [0.717, 1.165) is 40.1 Å². The lowest BCUT2D eigenvalue weighted by Gasteiger charge is -2.24. The van der Waals surface area contributed by atoms with Crippen molar-refractivity contribution < 1.29 is 9.53 Å². The van der Waals surface area contributed by atoms with Crippen molar-refractivity contribution in [1.29, 1.82) is 0 Å². The molecule has 0 N–H and O–H groups in total. The van der Waals surface area contributed by atoms with Crippen LogP contribution in [0.2, 0.25) is 0 Å². The van der Waals surface area contributed by atoms with Gasteiger partial charge in [-0.05, 0) is 56.4 Å². The number of benzene rings is 2. The molecule has 0 saturated heterocycles. The van der Waals surface area contributed by atoms with E-state index < -0.39 is 0 Å². The largest absolute Gasteiger partial charge is 0.494 e. The van der Waals surface area contributed by atoms with Crippen molar-refractivity contribution in [1.82, 2.24) is 9.88 Å². The Morgan fingerprint density at radius 1 is 1.10 bits per heavy atom. The Balaban J connectivity index is 0.00000320. The van der Waals surface area contributed by atoms with E-state index in [0.29, 0.717) is 23.8 Å². The molecule has 1 heterocycles. The normalized spacial score (nSPS) is 10.8. The molecule has 0 unspecified atom stereocenters. The number of nitrogens with zero attached hydrogens (tertiary/aromatic N) is 3. The van der Waals surface area contributed by atoms with E-state index in [1.165, 1.54) is 11.3 Å². The van der Waals surface area contributed by atoms with Crippen LogP contribution in [0.4, 0.5) is 5.13 Å². The first-order chi connectivity index (χ1) is 14.0. The summed E-state index contributed by atoms with van der Waals surface area (Å²) in [4.78, 5) is 22.2. The van der Waals surface area contributed by atoms with Gasteiger partial charge in [-0.25, -0.2) is 4.98 Å². The van der Waals surface area contributed by atoms with Gasteiger partial charge in [0.15, 0.2) is 5.13 Å². The highest BCUT2D eigenvalue weighted by atomic mass is 79.9. The fourth-order valence-electron chi connectivity index (χ4n) is 3.11. The monoisotopic (exact) mass is 511 g/mol. The van der Waals surface area contributed by atoms with E-state index in [-0.39, 0.29) is 18.3 Å². The molecule has 2 aromatic carbocycles. The minimum atomic E-state index is -0.0393. The standard InChI is InChI=1S/C22H26BrN3O2S.ClH/c1-4-25(5-2)12-13-26(21(27)16-8-7-9-17(23)14-16)22-24-19-11-10-18(28-6-3)15-20(19)29-22;/h7-11,14-15H,4-6,12-13H2,1-3H3;1H. The molecular weight excluding hydrogens is 486 g/mol. The number of aromatic nitrogens is 1. The Hall–Kier alpha value is -1.67.